The molecule has 0 unspecified atom stereocenters. The number of hydrogen-bond donors (Lipinski definition) is 1. The zero-order chi connectivity index (χ0) is 14.9. The van der Waals surface area contributed by atoms with Crippen LogP contribution in [-0.4, -0.2) is 6.04 Å². The van der Waals surface area contributed by atoms with E-state index in [1.807, 2.05) is 0 Å². The first-order valence-corrected chi connectivity index (χ1v) is 9.09. The number of hydrogen-bond acceptors (Lipinski definition) is 1. The highest BCUT2D eigenvalue weighted by molar-refractivity contribution is 5.48. The van der Waals surface area contributed by atoms with Crippen LogP contribution in [0.25, 0.3) is 0 Å². The summed E-state index contributed by atoms with van der Waals surface area (Å²) in [6.45, 7) is 4.40. The second-order valence-corrected chi connectivity index (χ2v) is 6.90. The molecule has 0 spiro atoms. The molecule has 0 aromatic heterocycles. The second kappa shape index (κ2) is 9.12. The Morgan fingerprint density at radius 3 is 1.76 bits per heavy atom. The molecule has 0 aliphatic heterocycles. The molecular weight excluding hydrogens is 254 g/mol. The Morgan fingerprint density at radius 2 is 1.24 bits per heavy atom. The molecule has 1 N–H and O–H groups in total. The summed E-state index contributed by atoms with van der Waals surface area (Å²) in [5, 5.41) is 3.80. The van der Waals surface area contributed by atoms with E-state index in [0.29, 0.717) is 6.04 Å². The molecule has 1 heteroatoms. The standard InChI is InChI=1S/C20H33N/c1-17-14-15-20(16-18(17)2)21-19-12-10-8-6-4-3-5-7-9-11-13-19/h14-16,19,21H,3-13H2,1-2H3. The molecule has 2 rings (SSSR count). The Kier molecular flexibility index (Phi) is 7.12. The summed E-state index contributed by atoms with van der Waals surface area (Å²) in [6.07, 6.45) is 15.6. The highest BCUT2D eigenvalue weighted by Gasteiger charge is 2.09. The Bertz CT molecular complexity index is 398. The fourth-order valence-electron chi connectivity index (χ4n) is 3.37. The van der Waals surface area contributed by atoms with Crippen LogP contribution in [0.1, 0.15) is 81.8 Å². The molecule has 1 aliphatic carbocycles. The molecule has 0 radical (unpaired) electrons. The van der Waals surface area contributed by atoms with E-state index in [0.717, 1.165) is 0 Å². The predicted octanol–water partition coefficient (Wildman–Crippen LogP) is 6.39. The van der Waals surface area contributed by atoms with E-state index in [-0.39, 0.29) is 0 Å². The molecule has 1 aromatic rings. The van der Waals surface area contributed by atoms with Gasteiger partial charge in [-0.1, -0.05) is 63.9 Å². The number of nitrogens with one attached hydrogen (secondary N) is 1. The molecule has 1 nitrogen and oxygen atoms in total. The van der Waals surface area contributed by atoms with E-state index < -0.39 is 0 Å². The van der Waals surface area contributed by atoms with Crippen molar-refractivity contribution in [1.29, 1.82) is 0 Å². The molecule has 0 atom stereocenters. The van der Waals surface area contributed by atoms with Gasteiger partial charge in [-0.25, -0.2) is 0 Å². The molecule has 0 heterocycles. The fourth-order valence-corrected chi connectivity index (χ4v) is 3.37. The van der Waals surface area contributed by atoms with Gasteiger partial charge in [-0.15, -0.1) is 0 Å². The van der Waals surface area contributed by atoms with Crippen LogP contribution >= 0.6 is 0 Å². The molecule has 1 aromatic carbocycles. The van der Waals surface area contributed by atoms with Crippen molar-refractivity contribution in [1.82, 2.24) is 0 Å². The van der Waals surface area contributed by atoms with Crippen molar-refractivity contribution >= 4 is 5.69 Å². The molecule has 0 bridgehead atoms. The first-order chi connectivity index (χ1) is 10.3. The van der Waals surface area contributed by atoms with Crippen molar-refractivity contribution in [2.75, 3.05) is 5.32 Å². The van der Waals surface area contributed by atoms with Gasteiger partial charge in [0.15, 0.2) is 0 Å². The van der Waals surface area contributed by atoms with Gasteiger partial charge >= 0.3 is 0 Å². The van der Waals surface area contributed by atoms with Crippen LogP contribution < -0.4 is 5.32 Å². The van der Waals surface area contributed by atoms with Crippen LogP contribution in [0, 0.1) is 13.8 Å². The largest absolute Gasteiger partial charge is 0.382 e. The molecule has 1 aliphatic rings. The van der Waals surface area contributed by atoms with Gasteiger partial charge in [0.2, 0.25) is 0 Å². The summed E-state index contributed by atoms with van der Waals surface area (Å²) in [5.74, 6) is 0. The van der Waals surface area contributed by atoms with Crippen molar-refractivity contribution in [3.05, 3.63) is 29.3 Å². The first-order valence-electron chi connectivity index (χ1n) is 9.09. The van der Waals surface area contributed by atoms with E-state index in [2.05, 4.69) is 37.4 Å². The quantitative estimate of drug-likeness (QED) is 0.664. The Labute approximate surface area is 131 Å². The Morgan fingerprint density at radius 1 is 0.714 bits per heavy atom. The van der Waals surface area contributed by atoms with Crippen molar-refractivity contribution < 1.29 is 0 Å². The van der Waals surface area contributed by atoms with Crippen LogP contribution in [0.15, 0.2) is 18.2 Å². The summed E-state index contributed by atoms with van der Waals surface area (Å²) >= 11 is 0. The SMILES string of the molecule is Cc1ccc(NC2CCCCCCCCCCC2)cc1C. The van der Waals surface area contributed by atoms with E-state index >= 15 is 0 Å². The minimum atomic E-state index is 0.673. The third kappa shape index (κ3) is 6.11. The Hall–Kier alpha value is -0.980. The van der Waals surface area contributed by atoms with Crippen LogP contribution in [0.2, 0.25) is 0 Å². The van der Waals surface area contributed by atoms with Crippen molar-refractivity contribution in [3.8, 4) is 0 Å². The lowest BCUT2D eigenvalue weighted by Crippen LogP contribution is -2.19. The molecule has 118 valence electrons. The summed E-state index contributed by atoms with van der Waals surface area (Å²) in [4.78, 5) is 0. The summed E-state index contributed by atoms with van der Waals surface area (Å²) in [7, 11) is 0. The molecular formula is C20H33N. The average molecular weight is 287 g/mol. The number of aryl methyl sites for hydroxylation is 2. The van der Waals surface area contributed by atoms with Gasteiger partial charge < -0.3 is 5.32 Å². The van der Waals surface area contributed by atoms with Crippen molar-refractivity contribution in [3.63, 3.8) is 0 Å². The molecule has 1 saturated carbocycles. The van der Waals surface area contributed by atoms with Crippen molar-refractivity contribution in [2.24, 2.45) is 0 Å². The van der Waals surface area contributed by atoms with Crippen LogP contribution in [0.5, 0.6) is 0 Å². The van der Waals surface area contributed by atoms with E-state index in [9.17, 15) is 0 Å². The molecule has 1 fully saturated rings. The number of anilines is 1. The highest BCUT2D eigenvalue weighted by Crippen LogP contribution is 2.21. The van der Waals surface area contributed by atoms with E-state index in [4.69, 9.17) is 0 Å². The second-order valence-electron chi connectivity index (χ2n) is 6.90. The van der Waals surface area contributed by atoms with Crippen LogP contribution in [0.4, 0.5) is 5.69 Å². The summed E-state index contributed by atoms with van der Waals surface area (Å²) in [5.41, 5.74) is 4.10. The lowest BCUT2D eigenvalue weighted by Gasteiger charge is -2.21. The molecule has 0 saturated heterocycles. The minimum absolute atomic E-state index is 0.673. The van der Waals surface area contributed by atoms with Gasteiger partial charge in [0, 0.05) is 11.7 Å². The maximum Gasteiger partial charge on any atom is 0.0345 e. The monoisotopic (exact) mass is 287 g/mol. The van der Waals surface area contributed by atoms with Gasteiger partial charge in [-0.2, -0.15) is 0 Å². The van der Waals surface area contributed by atoms with Gasteiger partial charge in [0.1, 0.15) is 0 Å². The third-order valence-corrected chi connectivity index (χ3v) is 4.98. The normalized spacial score (nSPS) is 19.5. The number of benzene rings is 1. The molecule has 0 amide bonds. The fraction of sp³-hybridized carbons (Fsp3) is 0.700. The zero-order valence-electron chi connectivity index (χ0n) is 14.1. The van der Waals surface area contributed by atoms with Crippen LogP contribution in [-0.2, 0) is 0 Å². The van der Waals surface area contributed by atoms with E-state index in [1.165, 1.54) is 87.4 Å². The van der Waals surface area contributed by atoms with Crippen molar-refractivity contribution in [2.45, 2.75) is 90.5 Å². The average Bonchev–Trinajstić information content (AvgIpc) is 2.46. The predicted molar refractivity (Wildman–Crippen MR) is 94.1 cm³/mol. The van der Waals surface area contributed by atoms with Gasteiger partial charge in [-0.3, -0.25) is 0 Å². The zero-order valence-corrected chi connectivity index (χ0v) is 14.1. The van der Waals surface area contributed by atoms with Gasteiger partial charge in [0.25, 0.3) is 0 Å². The summed E-state index contributed by atoms with van der Waals surface area (Å²) in [6, 6.07) is 7.48. The maximum absolute atomic E-state index is 3.80. The van der Waals surface area contributed by atoms with Gasteiger partial charge in [0.05, 0.1) is 0 Å². The van der Waals surface area contributed by atoms with E-state index in [1.54, 1.807) is 0 Å². The number of rotatable bonds is 2. The highest BCUT2D eigenvalue weighted by atomic mass is 14.9. The lowest BCUT2D eigenvalue weighted by molar-refractivity contribution is 0.480. The Balaban J connectivity index is 1.88. The lowest BCUT2D eigenvalue weighted by atomic mass is 9.97. The molecule has 21 heavy (non-hydrogen) atoms. The maximum atomic E-state index is 3.80. The third-order valence-electron chi connectivity index (χ3n) is 4.98. The summed E-state index contributed by atoms with van der Waals surface area (Å²) < 4.78 is 0. The minimum Gasteiger partial charge on any atom is -0.382 e. The first kappa shape index (κ1) is 16.4. The topological polar surface area (TPSA) is 12.0 Å². The van der Waals surface area contributed by atoms with Crippen LogP contribution in [0.3, 0.4) is 0 Å². The smallest absolute Gasteiger partial charge is 0.0345 e. The van der Waals surface area contributed by atoms with Gasteiger partial charge in [-0.05, 0) is 49.9 Å².